The normalized spacial score (nSPS) is 14.8. The Hall–Kier alpha value is 0.545. The van der Waals surface area contributed by atoms with Gasteiger partial charge in [-0.15, -0.1) is 6.42 Å². The molecule has 0 fully saturated rings. The molecule has 1 heterocycles. The van der Waals surface area contributed by atoms with E-state index in [1.54, 1.807) is 0 Å². The minimum absolute atomic E-state index is 0. The zero-order valence-electron chi connectivity index (χ0n) is 8.57. The van der Waals surface area contributed by atoms with Crippen LogP contribution in [0.4, 0.5) is 17.6 Å². The number of aryl methyl sites for hydroxylation is 1. The van der Waals surface area contributed by atoms with Crippen LogP contribution in [0.2, 0.25) is 0 Å². The Labute approximate surface area is 139 Å². The van der Waals surface area contributed by atoms with Gasteiger partial charge in [0.1, 0.15) is 17.1 Å². The number of ether oxygens (including phenoxy) is 1. The molecule has 2 rings (SSSR count). The third-order valence-corrected chi connectivity index (χ3v) is 2.20. The van der Waals surface area contributed by atoms with Gasteiger partial charge in [0.15, 0.2) is 0 Å². The average molecular weight is 305 g/mol. The van der Waals surface area contributed by atoms with Crippen molar-refractivity contribution < 1.29 is 80.5 Å². The average Bonchev–Trinajstić information content (AvgIpc) is 2.15. The van der Waals surface area contributed by atoms with Crippen molar-refractivity contribution in [3.8, 4) is 5.75 Å². The molecule has 16 heavy (non-hydrogen) atoms. The van der Waals surface area contributed by atoms with Crippen LogP contribution in [0.25, 0.3) is 0 Å². The Bertz CT molecular complexity index is 389. The first kappa shape index (κ1) is 14.6. The molecule has 0 spiro atoms. The fourth-order valence-electron chi connectivity index (χ4n) is 1.55. The smallest absolute Gasteiger partial charge is 0.662 e. The Morgan fingerprint density at radius 1 is 1.25 bits per heavy atom. The maximum absolute atomic E-state index is 13.1. The number of fused-ring (bicyclic) bond motifs is 1. The Morgan fingerprint density at radius 2 is 1.94 bits per heavy atom. The molecular formula is C10H7F4ORb. The van der Waals surface area contributed by atoms with Gasteiger partial charge in [-0.05, 0) is 18.1 Å². The minimum atomic E-state index is -4.72. The van der Waals surface area contributed by atoms with Crippen molar-refractivity contribution in [2.45, 2.75) is 19.0 Å². The van der Waals surface area contributed by atoms with Crippen LogP contribution in [0.1, 0.15) is 17.5 Å². The van der Waals surface area contributed by atoms with Gasteiger partial charge in [-0.25, -0.2) is 4.39 Å². The van der Waals surface area contributed by atoms with Crippen molar-refractivity contribution >= 4 is 0 Å². The van der Waals surface area contributed by atoms with E-state index in [0.29, 0.717) is 18.4 Å². The van der Waals surface area contributed by atoms with Crippen LogP contribution in [-0.2, 0) is 12.6 Å². The van der Waals surface area contributed by atoms with Crippen LogP contribution >= 0.6 is 0 Å². The summed E-state index contributed by atoms with van der Waals surface area (Å²) in [6.07, 6.45) is -3.74. The number of halogens is 4. The quantitative estimate of drug-likeness (QED) is 0.496. The fourth-order valence-corrected chi connectivity index (χ4v) is 1.55. The van der Waals surface area contributed by atoms with E-state index in [2.05, 4.69) is 0 Å². The second kappa shape index (κ2) is 5.46. The summed E-state index contributed by atoms with van der Waals surface area (Å²) in [4.78, 5) is 0. The fraction of sp³-hybridized carbons (Fsp3) is 0.300. The summed E-state index contributed by atoms with van der Waals surface area (Å²) in [7, 11) is 0. The molecule has 0 atom stereocenters. The number of alkyl halides is 3. The third-order valence-electron chi connectivity index (χ3n) is 2.20. The number of benzene rings is 1. The topological polar surface area (TPSA) is 9.23 Å². The molecule has 0 aliphatic carbocycles. The van der Waals surface area contributed by atoms with Crippen LogP contribution in [0, 0.1) is 12.4 Å². The summed E-state index contributed by atoms with van der Waals surface area (Å²) in [5.41, 5.74) is -0.915. The van der Waals surface area contributed by atoms with Gasteiger partial charge in [0.05, 0.1) is 0 Å². The summed E-state index contributed by atoms with van der Waals surface area (Å²) in [6.45, 7) is 1.26. The van der Waals surface area contributed by atoms with Gasteiger partial charge in [0.25, 0.3) is 0 Å². The third kappa shape index (κ3) is 2.86. The minimum Gasteiger partial charge on any atom is -0.662 e. The molecule has 0 amide bonds. The van der Waals surface area contributed by atoms with Gasteiger partial charge in [-0.3, -0.25) is 0 Å². The van der Waals surface area contributed by atoms with Gasteiger partial charge in [-0.2, -0.15) is 19.8 Å². The van der Waals surface area contributed by atoms with Crippen molar-refractivity contribution in [2.24, 2.45) is 0 Å². The van der Waals surface area contributed by atoms with E-state index in [1.807, 2.05) is 0 Å². The van der Waals surface area contributed by atoms with Crippen LogP contribution in [0.3, 0.4) is 0 Å². The molecule has 0 radical (unpaired) electrons. The Balaban J connectivity index is 0.00000128. The van der Waals surface area contributed by atoms with Crippen LogP contribution in [0.5, 0.6) is 5.75 Å². The largest absolute Gasteiger partial charge is 1.00 e. The molecular weight excluding hydrogens is 298 g/mol. The van der Waals surface area contributed by atoms with Gasteiger partial charge in [0.2, 0.25) is 0 Å². The standard InChI is InChI=1S/C10H7F4O.Rb/c11-7-4-3-6-2-1-5-15-9(6)8(7)10(12,13)14;/h3-5H,1-2H2;/q-1;+1. The van der Waals surface area contributed by atoms with E-state index >= 15 is 0 Å². The second-order valence-electron chi connectivity index (χ2n) is 3.23. The predicted molar refractivity (Wildman–Crippen MR) is 44.7 cm³/mol. The van der Waals surface area contributed by atoms with Crippen molar-refractivity contribution in [3.63, 3.8) is 0 Å². The van der Waals surface area contributed by atoms with Gasteiger partial charge >= 0.3 is 64.4 Å². The van der Waals surface area contributed by atoms with E-state index in [9.17, 15) is 17.6 Å². The zero-order valence-corrected chi connectivity index (χ0v) is 13.5. The van der Waals surface area contributed by atoms with E-state index in [0.717, 1.165) is 6.07 Å². The van der Waals surface area contributed by atoms with E-state index in [4.69, 9.17) is 4.74 Å². The van der Waals surface area contributed by atoms with Crippen LogP contribution < -0.4 is 62.9 Å². The molecule has 1 aliphatic heterocycles. The maximum atomic E-state index is 13.1. The van der Waals surface area contributed by atoms with Crippen molar-refractivity contribution in [1.82, 2.24) is 0 Å². The first-order valence-electron chi connectivity index (χ1n) is 4.37. The number of rotatable bonds is 0. The molecule has 0 saturated heterocycles. The van der Waals surface area contributed by atoms with Crippen molar-refractivity contribution in [2.75, 3.05) is 0 Å². The molecule has 0 N–H and O–H groups in total. The van der Waals surface area contributed by atoms with Crippen LogP contribution in [0.15, 0.2) is 12.1 Å². The summed E-state index contributed by atoms with van der Waals surface area (Å²) >= 11 is 0. The summed E-state index contributed by atoms with van der Waals surface area (Å²) in [5, 5.41) is 0. The molecule has 0 aromatic heterocycles. The SMILES string of the molecule is Fc1ccc2c(c1C(F)(F)F)O[CH-]CC2.[Rb+]. The number of hydrogen-bond acceptors (Lipinski definition) is 1. The first-order valence-corrected chi connectivity index (χ1v) is 4.37. The van der Waals surface area contributed by atoms with Gasteiger partial charge in [0, 0.05) is 0 Å². The summed E-state index contributed by atoms with van der Waals surface area (Å²) in [5.74, 6) is -1.69. The molecule has 1 aromatic carbocycles. The van der Waals surface area contributed by atoms with E-state index < -0.39 is 23.3 Å². The molecule has 0 unspecified atom stereocenters. The summed E-state index contributed by atoms with van der Waals surface area (Å²) in [6, 6.07) is 2.16. The molecule has 1 aliphatic rings. The van der Waals surface area contributed by atoms with Crippen LogP contribution in [-0.4, -0.2) is 0 Å². The van der Waals surface area contributed by atoms with Gasteiger partial charge in [-0.1, -0.05) is 6.07 Å². The first-order chi connectivity index (χ1) is 7.00. The molecule has 0 bridgehead atoms. The molecule has 1 aromatic rings. The molecule has 6 heteroatoms. The van der Waals surface area contributed by atoms with Crippen molar-refractivity contribution in [1.29, 1.82) is 0 Å². The predicted octanol–water partition coefficient (Wildman–Crippen LogP) is 0.335. The number of hydrogen-bond donors (Lipinski definition) is 0. The van der Waals surface area contributed by atoms with Crippen molar-refractivity contribution in [3.05, 3.63) is 35.7 Å². The molecule has 0 saturated carbocycles. The molecule has 1 nitrogen and oxygen atoms in total. The summed E-state index contributed by atoms with van der Waals surface area (Å²) < 4.78 is 55.3. The Kier molecular flexibility index (Phi) is 4.98. The monoisotopic (exact) mass is 304 g/mol. The van der Waals surface area contributed by atoms with E-state index in [-0.39, 0.29) is 58.2 Å². The Morgan fingerprint density at radius 3 is 2.56 bits per heavy atom. The second-order valence-corrected chi connectivity index (χ2v) is 3.23. The molecule has 82 valence electrons. The van der Waals surface area contributed by atoms with E-state index in [1.165, 1.54) is 12.7 Å². The maximum Gasteiger partial charge on any atom is 1.00 e. The van der Waals surface area contributed by atoms with Gasteiger partial charge < -0.3 is 4.74 Å². The zero-order chi connectivity index (χ0) is 11.1.